The lowest BCUT2D eigenvalue weighted by Crippen LogP contribution is -2.13. The highest BCUT2D eigenvalue weighted by Gasteiger charge is 2.16. The Morgan fingerprint density at radius 1 is 1.00 bits per heavy atom. The van der Waals surface area contributed by atoms with E-state index in [9.17, 15) is 0 Å². The van der Waals surface area contributed by atoms with Gasteiger partial charge in [0.05, 0.1) is 0 Å². The quantitative estimate of drug-likeness (QED) is 0.727. The van der Waals surface area contributed by atoms with E-state index in [-0.39, 0.29) is 5.41 Å². The van der Waals surface area contributed by atoms with Crippen molar-refractivity contribution in [2.75, 3.05) is 0 Å². The second kappa shape index (κ2) is 3.82. The predicted molar refractivity (Wildman–Crippen MR) is 69.7 cm³/mol. The van der Waals surface area contributed by atoms with Gasteiger partial charge in [-0.05, 0) is 40.7 Å². The van der Waals surface area contributed by atoms with Crippen LogP contribution in [0.1, 0.15) is 31.9 Å². The fourth-order valence-electron chi connectivity index (χ4n) is 2.11. The molecule has 16 heavy (non-hydrogen) atoms. The first kappa shape index (κ1) is 11.0. The highest BCUT2D eigenvalue weighted by atomic mass is 14.6. The summed E-state index contributed by atoms with van der Waals surface area (Å²) in [7, 11) is 0. The zero-order valence-electron chi connectivity index (χ0n) is 10.5. The largest absolute Gasteiger partial charge is 0.367 e. The molecule has 0 spiro atoms. The SMILES string of the molecule is Cc1ccc(-c2cc[nH]c2)cc1C(C)(C)C. The van der Waals surface area contributed by atoms with E-state index in [1.54, 1.807) is 0 Å². The van der Waals surface area contributed by atoms with E-state index < -0.39 is 0 Å². The Balaban J connectivity index is 2.52. The Labute approximate surface area is 97.5 Å². The molecule has 0 aliphatic carbocycles. The molecule has 1 heterocycles. The number of aryl methyl sites for hydroxylation is 1. The van der Waals surface area contributed by atoms with Crippen molar-refractivity contribution in [2.24, 2.45) is 0 Å². The molecule has 1 heteroatoms. The van der Waals surface area contributed by atoms with E-state index in [1.165, 1.54) is 22.3 Å². The average Bonchev–Trinajstić information content (AvgIpc) is 2.69. The molecule has 0 unspecified atom stereocenters. The maximum atomic E-state index is 3.10. The molecule has 0 aliphatic rings. The molecule has 0 saturated heterocycles. The molecule has 0 atom stereocenters. The molecule has 2 rings (SSSR count). The highest BCUT2D eigenvalue weighted by Crippen LogP contribution is 2.30. The molecular formula is C15H19N. The van der Waals surface area contributed by atoms with E-state index in [2.05, 4.69) is 56.9 Å². The van der Waals surface area contributed by atoms with Crippen molar-refractivity contribution < 1.29 is 0 Å². The van der Waals surface area contributed by atoms with E-state index >= 15 is 0 Å². The fourth-order valence-corrected chi connectivity index (χ4v) is 2.11. The summed E-state index contributed by atoms with van der Waals surface area (Å²) in [6, 6.07) is 8.81. The van der Waals surface area contributed by atoms with Crippen molar-refractivity contribution in [1.29, 1.82) is 0 Å². The van der Waals surface area contributed by atoms with Gasteiger partial charge in [0.25, 0.3) is 0 Å². The topological polar surface area (TPSA) is 15.8 Å². The van der Waals surface area contributed by atoms with Gasteiger partial charge < -0.3 is 4.98 Å². The fraction of sp³-hybridized carbons (Fsp3) is 0.333. The van der Waals surface area contributed by atoms with Crippen LogP contribution in [0.25, 0.3) is 11.1 Å². The molecule has 1 nitrogen and oxygen atoms in total. The number of hydrogen-bond acceptors (Lipinski definition) is 0. The van der Waals surface area contributed by atoms with Crippen LogP contribution in [0.4, 0.5) is 0 Å². The van der Waals surface area contributed by atoms with Gasteiger partial charge in [0.1, 0.15) is 0 Å². The summed E-state index contributed by atoms with van der Waals surface area (Å²) in [5.74, 6) is 0. The first-order chi connectivity index (χ1) is 7.48. The molecule has 0 amide bonds. The molecule has 0 saturated carbocycles. The van der Waals surface area contributed by atoms with E-state index in [4.69, 9.17) is 0 Å². The minimum atomic E-state index is 0.205. The third-order valence-corrected chi connectivity index (χ3v) is 2.98. The van der Waals surface area contributed by atoms with Crippen LogP contribution in [0.3, 0.4) is 0 Å². The minimum absolute atomic E-state index is 0.205. The molecule has 1 N–H and O–H groups in total. The lowest BCUT2D eigenvalue weighted by Gasteiger charge is -2.22. The molecule has 2 aromatic rings. The summed E-state index contributed by atoms with van der Waals surface area (Å²) >= 11 is 0. The van der Waals surface area contributed by atoms with Gasteiger partial charge in [0, 0.05) is 12.4 Å². The maximum Gasteiger partial charge on any atom is 0.00841 e. The molecule has 0 bridgehead atoms. The van der Waals surface area contributed by atoms with Gasteiger partial charge in [-0.15, -0.1) is 0 Å². The number of aromatic amines is 1. The Kier molecular flexibility index (Phi) is 2.63. The standard InChI is InChI=1S/C15H19N/c1-11-5-6-12(13-7-8-16-10-13)9-14(11)15(2,3)4/h5-10,16H,1-4H3. The molecular weight excluding hydrogens is 194 g/mol. The number of hydrogen-bond donors (Lipinski definition) is 1. The predicted octanol–water partition coefficient (Wildman–Crippen LogP) is 4.29. The number of H-pyrrole nitrogens is 1. The average molecular weight is 213 g/mol. The van der Waals surface area contributed by atoms with E-state index in [1.807, 2.05) is 12.4 Å². The normalized spacial score (nSPS) is 11.8. The lowest BCUT2D eigenvalue weighted by atomic mass is 9.83. The minimum Gasteiger partial charge on any atom is -0.367 e. The van der Waals surface area contributed by atoms with E-state index in [0.717, 1.165) is 0 Å². The Hall–Kier alpha value is -1.50. The van der Waals surface area contributed by atoms with Gasteiger partial charge in [-0.1, -0.05) is 39.0 Å². The highest BCUT2D eigenvalue weighted by molar-refractivity contribution is 5.64. The van der Waals surface area contributed by atoms with Crippen LogP contribution in [0.2, 0.25) is 0 Å². The van der Waals surface area contributed by atoms with Crippen LogP contribution in [-0.4, -0.2) is 4.98 Å². The van der Waals surface area contributed by atoms with Crippen LogP contribution in [-0.2, 0) is 5.41 Å². The van der Waals surface area contributed by atoms with Crippen molar-refractivity contribution in [3.05, 3.63) is 47.8 Å². The number of nitrogens with one attached hydrogen (secondary N) is 1. The van der Waals surface area contributed by atoms with Crippen molar-refractivity contribution in [2.45, 2.75) is 33.1 Å². The Morgan fingerprint density at radius 2 is 1.75 bits per heavy atom. The zero-order chi connectivity index (χ0) is 11.8. The summed E-state index contributed by atoms with van der Waals surface area (Å²) in [5.41, 5.74) is 5.54. The van der Waals surface area contributed by atoms with Crippen LogP contribution < -0.4 is 0 Å². The van der Waals surface area contributed by atoms with Gasteiger partial charge in [0.2, 0.25) is 0 Å². The number of benzene rings is 1. The molecule has 0 radical (unpaired) electrons. The van der Waals surface area contributed by atoms with Gasteiger partial charge in [-0.25, -0.2) is 0 Å². The third kappa shape index (κ3) is 2.04. The van der Waals surface area contributed by atoms with Gasteiger partial charge in [-0.3, -0.25) is 0 Å². The van der Waals surface area contributed by atoms with Gasteiger partial charge in [-0.2, -0.15) is 0 Å². The number of rotatable bonds is 1. The molecule has 84 valence electrons. The molecule has 1 aromatic heterocycles. The second-order valence-electron chi connectivity index (χ2n) is 5.38. The van der Waals surface area contributed by atoms with Crippen molar-refractivity contribution in [3.8, 4) is 11.1 Å². The second-order valence-corrected chi connectivity index (χ2v) is 5.38. The van der Waals surface area contributed by atoms with Crippen LogP contribution in [0.15, 0.2) is 36.7 Å². The van der Waals surface area contributed by atoms with Crippen molar-refractivity contribution in [3.63, 3.8) is 0 Å². The Bertz CT molecular complexity index is 473. The molecule has 1 aromatic carbocycles. The number of aromatic nitrogens is 1. The Morgan fingerprint density at radius 3 is 2.31 bits per heavy atom. The third-order valence-electron chi connectivity index (χ3n) is 2.98. The van der Waals surface area contributed by atoms with Crippen molar-refractivity contribution >= 4 is 0 Å². The van der Waals surface area contributed by atoms with Crippen LogP contribution >= 0.6 is 0 Å². The summed E-state index contributed by atoms with van der Waals surface area (Å²) in [6.45, 7) is 8.96. The summed E-state index contributed by atoms with van der Waals surface area (Å²) in [4.78, 5) is 3.10. The van der Waals surface area contributed by atoms with E-state index in [0.29, 0.717) is 0 Å². The first-order valence-electron chi connectivity index (χ1n) is 5.73. The van der Waals surface area contributed by atoms with Gasteiger partial charge >= 0.3 is 0 Å². The molecule has 0 fully saturated rings. The monoisotopic (exact) mass is 213 g/mol. The van der Waals surface area contributed by atoms with Gasteiger partial charge in [0.15, 0.2) is 0 Å². The molecule has 0 aliphatic heterocycles. The van der Waals surface area contributed by atoms with Crippen LogP contribution in [0.5, 0.6) is 0 Å². The summed E-state index contributed by atoms with van der Waals surface area (Å²) < 4.78 is 0. The lowest BCUT2D eigenvalue weighted by molar-refractivity contribution is 0.586. The van der Waals surface area contributed by atoms with Crippen molar-refractivity contribution in [1.82, 2.24) is 4.98 Å². The zero-order valence-corrected chi connectivity index (χ0v) is 10.5. The maximum absolute atomic E-state index is 3.10. The summed E-state index contributed by atoms with van der Waals surface area (Å²) in [5, 5.41) is 0. The summed E-state index contributed by atoms with van der Waals surface area (Å²) in [6.07, 6.45) is 4.00. The smallest absolute Gasteiger partial charge is 0.00841 e. The first-order valence-corrected chi connectivity index (χ1v) is 5.73. The van der Waals surface area contributed by atoms with Crippen LogP contribution in [0, 0.1) is 6.92 Å².